The van der Waals surface area contributed by atoms with Crippen molar-refractivity contribution in [2.75, 3.05) is 19.0 Å². The first kappa shape index (κ1) is 17.7. The summed E-state index contributed by atoms with van der Waals surface area (Å²) < 4.78 is 10.8. The van der Waals surface area contributed by atoms with E-state index < -0.39 is 0 Å². The highest BCUT2D eigenvalue weighted by Gasteiger charge is 2.13. The van der Waals surface area contributed by atoms with Crippen LogP contribution in [0.5, 0.6) is 11.8 Å². The number of benzene rings is 1. The largest absolute Gasteiger partial charge is 0.481 e. The number of anilines is 1. The Bertz CT molecular complexity index is 858. The van der Waals surface area contributed by atoms with E-state index in [9.17, 15) is 4.79 Å². The van der Waals surface area contributed by atoms with Crippen LogP contribution in [0.15, 0.2) is 36.4 Å². The summed E-state index contributed by atoms with van der Waals surface area (Å²) in [5, 5.41) is 2.76. The molecule has 0 unspecified atom stereocenters. The van der Waals surface area contributed by atoms with Crippen molar-refractivity contribution >= 4 is 22.9 Å². The van der Waals surface area contributed by atoms with Gasteiger partial charge in [0.2, 0.25) is 17.7 Å². The number of unbranched alkanes of at least 4 members (excludes halogenated alkanes) is 2. The molecule has 7 nitrogen and oxygen atoms in total. The number of carbonyl (C=O) groups excluding carboxylic acids is 1. The third-order valence-corrected chi connectivity index (χ3v) is 3.87. The molecule has 26 heavy (non-hydrogen) atoms. The van der Waals surface area contributed by atoms with Crippen LogP contribution in [-0.2, 0) is 0 Å². The monoisotopic (exact) mass is 354 g/mol. The van der Waals surface area contributed by atoms with Crippen molar-refractivity contribution in [3.8, 4) is 11.8 Å². The second-order valence-electron chi connectivity index (χ2n) is 5.85. The van der Waals surface area contributed by atoms with E-state index in [1.165, 1.54) is 7.11 Å². The lowest BCUT2D eigenvalue weighted by molar-refractivity contribution is 0.102. The fraction of sp³-hybridized carbons (Fsp3) is 0.316. The fourth-order valence-corrected chi connectivity index (χ4v) is 2.51. The van der Waals surface area contributed by atoms with E-state index in [1.54, 1.807) is 12.1 Å². The Kier molecular flexibility index (Phi) is 5.68. The minimum Gasteiger partial charge on any atom is -0.481 e. The molecule has 1 aromatic carbocycles. The molecule has 136 valence electrons. The molecule has 0 atom stereocenters. The van der Waals surface area contributed by atoms with E-state index in [4.69, 9.17) is 9.47 Å². The molecule has 0 bridgehead atoms. The van der Waals surface area contributed by atoms with Crippen LogP contribution in [0.4, 0.5) is 5.95 Å². The van der Waals surface area contributed by atoms with E-state index in [1.807, 2.05) is 24.3 Å². The number of aromatic amines is 1. The second kappa shape index (κ2) is 8.33. The van der Waals surface area contributed by atoms with Crippen LogP contribution in [-0.4, -0.2) is 34.6 Å². The lowest BCUT2D eigenvalue weighted by atomic mass is 10.2. The molecule has 2 N–H and O–H groups in total. The molecule has 1 amide bonds. The van der Waals surface area contributed by atoms with Gasteiger partial charge in [0.1, 0.15) is 0 Å². The Morgan fingerprint density at radius 2 is 1.96 bits per heavy atom. The number of ether oxygens (including phenoxy) is 2. The molecule has 0 aliphatic carbocycles. The van der Waals surface area contributed by atoms with Gasteiger partial charge in [-0.15, -0.1) is 0 Å². The number of para-hydroxylation sites is 2. The van der Waals surface area contributed by atoms with Gasteiger partial charge in [-0.3, -0.25) is 10.1 Å². The van der Waals surface area contributed by atoms with Gasteiger partial charge in [0.15, 0.2) is 0 Å². The van der Waals surface area contributed by atoms with Gasteiger partial charge in [0.05, 0.1) is 30.3 Å². The number of nitrogens with one attached hydrogen (secondary N) is 2. The first-order valence-corrected chi connectivity index (χ1v) is 8.64. The summed E-state index contributed by atoms with van der Waals surface area (Å²) in [5.41, 5.74) is 2.04. The fourth-order valence-electron chi connectivity index (χ4n) is 2.51. The number of hydrogen-bond donors (Lipinski definition) is 2. The van der Waals surface area contributed by atoms with Crippen LogP contribution < -0.4 is 14.8 Å². The van der Waals surface area contributed by atoms with Crippen LogP contribution in [0.25, 0.3) is 11.0 Å². The number of amides is 1. The van der Waals surface area contributed by atoms with Crippen molar-refractivity contribution in [1.29, 1.82) is 0 Å². The average molecular weight is 354 g/mol. The number of methoxy groups -OCH3 is 1. The summed E-state index contributed by atoms with van der Waals surface area (Å²) in [6, 6.07) is 10.7. The molecule has 0 saturated heterocycles. The molecule has 3 aromatic rings. The number of nitrogens with zero attached hydrogens (tertiary/aromatic N) is 2. The van der Waals surface area contributed by atoms with Gasteiger partial charge < -0.3 is 14.5 Å². The Balaban J connectivity index is 1.74. The molecular weight excluding hydrogens is 332 g/mol. The lowest BCUT2D eigenvalue weighted by Crippen LogP contribution is -2.14. The molecule has 2 aromatic heterocycles. The van der Waals surface area contributed by atoms with Gasteiger partial charge in [-0.2, -0.15) is 4.98 Å². The summed E-state index contributed by atoms with van der Waals surface area (Å²) in [7, 11) is 1.50. The molecule has 0 radical (unpaired) electrons. The van der Waals surface area contributed by atoms with Crippen molar-refractivity contribution < 1.29 is 14.3 Å². The van der Waals surface area contributed by atoms with Crippen LogP contribution in [0.2, 0.25) is 0 Å². The van der Waals surface area contributed by atoms with E-state index in [0.717, 1.165) is 30.3 Å². The number of H-pyrrole nitrogens is 1. The van der Waals surface area contributed by atoms with Gasteiger partial charge in [-0.25, -0.2) is 4.98 Å². The molecule has 0 aliphatic rings. The summed E-state index contributed by atoms with van der Waals surface area (Å²) in [6.07, 6.45) is 3.14. The van der Waals surface area contributed by atoms with E-state index in [2.05, 4.69) is 27.2 Å². The maximum atomic E-state index is 12.6. The molecule has 0 spiro atoms. The zero-order valence-corrected chi connectivity index (χ0v) is 14.9. The molecule has 0 fully saturated rings. The first-order valence-electron chi connectivity index (χ1n) is 8.64. The van der Waals surface area contributed by atoms with Gasteiger partial charge >= 0.3 is 0 Å². The number of aromatic nitrogens is 3. The zero-order valence-electron chi connectivity index (χ0n) is 14.9. The zero-order chi connectivity index (χ0) is 18.4. The highest BCUT2D eigenvalue weighted by atomic mass is 16.5. The third-order valence-electron chi connectivity index (χ3n) is 3.87. The summed E-state index contributed by atoms with van der Waals surface area (Å²) >= 11 is 0. The quantitative estimate of drug-likeness (QED) is 0.601. The SMILES string of the molecule is CCCCCOc1cc(C(=O)Nc2nc3ccccc3[nH]2)cc(OC)n1. The number of rotatable bonds is 8. The highest BCUT2D eigenvalue weighted by molar-refractivity contribution is 6.04. The minimum absolute atomic E-state index is 0.317. The summed E-state index contributed by atoms with van der Waals surface area (Å²) in [4.78, 5) is 24.2. The van der Waals surface area contributed by atoms with Gasteiger partial charge in [0.25, 0.3) is 5.91 Å². The molecule has 0 saturated carbocycles. The van der Waals surface area contributed by atoms with Crippen LogP contribution in [0.1, 0.15) is 36.5 Å². The predicted molar refractivity (Wildman–Crippen MR) is 99.9 cm³/mol. The van der Waals surface area contributed by atoms with E-state index in [0.29, 0.717) is 29.9 Å². The van der Waals surface area contributed by atoms with Crippen molar-refractivity contribution in [1.82, 2.24) is 15.0 Å². The summed E-state index contributed by atoms with van der Waals surface area (Å²) in [5.74, 6) is 0.767. The summed E-state index contributed by atoms with van der Waals surface area (Å²) in [6.45, 7) is 2.68. The van der Waals surface area contributed by atoms with Gasteiger partial charge in [-0.05, 0) is 18.6 Å². The molecular formula is C19H22N4O3. The van der Waals surface area contributed by atoms with E-state index in [-0.39, 0.29) is 5.91 Å². The maximum absolute atomic E-state index is 12.6. The number of hydrogen-bond acceptors (Lipinski definition) is 5. The Morgan fingerprint density at radius 1 is 1.15 bits per heavy atom. The topological polar surface area (TPSA) is 89.1 Å². The smallest absolute Gasteiger partial charge is 0.258 e. The molecule has 3 rings (SSSR count). The molecule has 7 heteroatoms. The number of carbonyl (C=O) groups is 1. The van der Waals surface area contributed by atoms with Crippen molar-refractivity contribution in [2.45, 2.75) is 26.2 Å². The Hall–Kier alpha value is -3.09. The predicted octanol–water partition coefficient (Wildman–Crippen LogP) is 3.79. The van der Waals surface area contributed by atoms with Gasteiger partial charge in [0, 0.05) is 12.1 Å². The third kappa shape index (κ3) is 4.30. The normalized spacial score (nSPS) is 10.7. The number of pyridine rings is 1. The van der Waals surface area contributed by atoms with Crippen LogP contribution in [0.3, 0.4) is 0 Å². The van der Waals surface area contributed by atoms with Gasteiger partial charge in [-0.1, -0.05) is 31.9 Å². The van der Waals surface area contributed by atoms with E-state index >= 15 is 0 Å². The van der Waals surface area contributed by atoms with Crippen molar-refractivity contribution in [2.24, 2.45) is 0 Å². The van der Waals surface area contributed by atoms with Crippen molar-refractivity contribution in [3.05, 3.63) is 42.0 Å². The highest BCUT2D eigenvalue weighted by Crippen LogP contribution is 2.20. The first-order chi connectivity index (χ1) is 12.7. The maximum Gasteiger partial charge on any atom is 0.258 e. The lowest BCUT2D eigenvalue weighted by Gasteiger charge is -2.09. The Labute approximate surface area is 151 Å². The van der Waals surface area contributed by atoms with Crippen molar-refractivity contribution in [3.63, 3.8) is 0 Å². The minimum atomic E-state index is -0.317. The van der Waals surface area contributed by atoms with Crippen LogP contribution in [0, 0.1) is 0 Å². The number of imidazole rings is 1. The second-order valence-corrected chi connectivity index (χ2v) is 5.85. The molecule has 0 aliphatic heterocycles. The average Bonchev–Trinajstić information content (AvgIpc) is 3.07. The number of fused-ring (bicyclic) bond motifs is 1. The Morgan fingerprint density at radius 3 is 2.73 bits per heavy atom. The van der Waals surface area contributed by atoms with Crippen LogP contribution >= 0.6 is 0 Å². The standard InChI is InChI=1S/C19H22N4O3/c1-3-4-7-10-26-17-12-13(11-16(22-17)25-2)18(24)23-19-20-14-8-5-6-9-15(14)21-19/h5-6,8-9,11-12H,3-4,7,10H2,1-2H3,(H2,20,21,23,24). The molecule has 2 heterocycles.